The molecule has 1 aromatic heterocycles. The molecule has 140 valence electrons. The average molecular weight is 364 g/mol. The van der Waals surface area contributed by atoms with Crippen LogP contribution in [0.3, 0.4) is 0 Å². The summed E-state index contributed by atoms with van der Waals surface area (Å²) in [7, 11) is 2.05. The first-order valence-corrected chi connectivity index (χ1v) is 9.13. The summed E-state index contributed by atoms with van der Waals surface area (Å²) >= 11 is 0. The van der Waals surface area contributed by atoms with E-state index in [1.807, 2.05) is 43.4 Å². The van der Waals surface area contributed by atoms with Gasteiger partial charge in [0.1, 0.15) is 0 Å². The summed E-state index contributed by atoms with van der Waals surface area (Å²) in [5.41, 5.74) is 1.82. The summed E-state index contributed by atoms with van der Waals surface area (Å²) in [6, 6.07) is 17.5. The van der Waals surface area contributed by atoms with Crippen molar-refractivity contribution in [3.8, 4) is 0 Å². The van der Waals surface area contributed by atoms with Gasteiger partial charge in [-0.2, -0.15) is 5.10 Å². The van der Waals surface area contributed by atoms with Crippen molar-refractivity contribution in [2.45, 2.75) is 19.4 Å². The van der Waals surface area contributed by atoms with Crippen molar-refractivity contribution in [3.63, 3.8) is 0 Å². The number of para-hydroxylation sites is 2. The molecule has 3 rings (SSSR count). The van der Waals surface area contributed by atoms with Crippen molar-refractivity contribution in [2.24, 2.45) is 0 Å². The quantitative estimate of drug-likeness (QED) is 0.624. The fraction of sp³-hybridized carbons (Fsp3) is 0.286. The van der Waals surface area contributed by atoms with E-state index in [4.69, 9.17) is 0 Å². The van der Waals surface area contributed by atoms with Gasteiger partial charge in [0.25, 0.3) is 0 Å². The molecule has 0 atom stereocenters. The second-order valence-electron chi connectivity index (χ2n) is 6.46. The Morgan fingerprint density at radius 3 is 2.67 bits per heavy atom. The Bertz CT molecular complexity index is 953. The van der Waals surface area contributed by atoms with E-state index < -0.39 is 0 Å². The van der Waals surface area contributed by atoms with E-state index in [9.17, 15) is 9.59 Å². The van der Waals surface area contributed by atoms with E-state index in [1.54, 1.807) is 10.7 Å². The first kappa shape index (κ1) is 18.6. The van der Waals surface area contributed by atoms with Gasteiger partial charge in [-0.1, -0.05) is 30.3 Å². The topological polar surface area (TPSA) is 67.2 Å². The molecule has 0 bridgehead atoms. The Balaban J connectivity index is 1.44. The van der Waals surface area contributed by atoms with E-state index in [0.717, 1.165) is 18.5 Å². The maximum Gasteiger partial charge on any atom is 0.221 e. The number of aromatic nitrogens is 2. The number of aryl methyl sites for hydroxylation is 1. The highest BCUT2D eigenvalue weighted by Crippen LogP contribution is 2.11. The van der Waals surface area contributed by atoms with Gasteiger partial charge in [-0.05, 0) is 30.7 Å². The normalized spacial score (nSPS) is 10.7. The van der Waals surface area contributed by atoms with Gasteiger partial charge in [-0.3, -0.25) is 14.3 Å². The van der Waals surface area contributed by atoms with Crippen LogP contribution in [0.5, 0.6) is 0 Å². The van der Waals surface area contributed by atoms with Gasteiger partial charge in [0.2, 0.25) is 11.3 Å². The van der Waals surface area contributed by atoms with Crippen molar-refractivity contribution >= 4 is 22.5 Å². The highest BCUT2D eigenvalue weighted by molar-refractivity contribution is 5.79. The SMILES string of the molecule is CN(CCCNC(=O)CCn1ncc(=O)c2ccccc21)c1ccccc1. The average Bonchev–Trinajstić information content (AvgIpc) is 2.71. The lowest BCUT2D eigenvalue weighted by Crippen LogP contribution is -2.29. The molecule has 6 nitrogen and oxygen atoms in total. The predicted molar refractivity (Wildman–Crippen MR) is 108 cm³/mol. The van der Waals surface area contributed by atoms with Gasteiger partial charge in [-0.15, -0.1) is 0 Å². The number of carbonyl (C=O) groups is 1. The maximum absolute atomic E-state index is 12.1. The van der Waals surface area contributed by atoms with Crippen LogP contribution in [0.2, 0.25) is 0 Å². The zero-order valence-electron chi connectivity index (χ0n) is 15.5. The lowest BCUT2D eigenvalue weighted by molar-refractivity contribution is -0.121. The van der Waals surface area contributed by atoms with E-state index in [0.29, 0.717) is 24.9 Å². The summed E-state index contributed by atoms with van der Waals surface area (Å²) in [6.07, 6.45) is 2.50. The standard InChI is InChI=1S/C21H24N4O2/c1-24(17-8-3-2-4-9-17)14-7-13-22-21(27)12-15-25-19-11-6-5-10-18(19)20(26)16-23-25/h2-6,8-11,16H,7,12-15H2,1H3,(H,22,27). The molecule has 0 spiro atoms. The van der Waals surface area contributed by atoms with Crippen LogP contribution in [0.1, 0.15) is 12.8 Å². The number of nitrogens with zero attached hydrogens (tertiary/aromatic N) is 3. The number of fused-ring (bicyclic) bond motifs is 1. The van der Waals surface area contributed by atoms with Crippen LogP contribution < -0.4 is 15.6 Å². The lowest BCUT2D eigenvalue weighted by atomic mass is 10.2. The molecule has 27 heavy (non-hydrogen) atoms. The van der Waals surface area contributed by atoms with E-state index in [2.05, 4.69) is 27.4 Å². The Kier molecular flexibility index (Phi) is 6.20. The Labute approximate surface area is 158 Å². The zero-order chi connectivity index (χ0) is 19.1. The van der Waals surface area contributed by atoms with Gasteiger partial charge in [-0.25, -0.2) is 0 Å². The third-order valence-electron chi connectivity index (χ3n) is 4.50. The summed E-state index contributed by atoms with van der Waals surface area (Å²) < 4.78 is 1.71. The number of nitrogens with one attached hydrogen (secondary N) is 1. The van der Waals surface area contributed by atoms with Gasteiger partial charge in [0.05, 0.1) is 18.3 Å². The molecule has 1 heterocycles. The zero-order valence-corrected chi connectivity index (χ0v) is 15.5. The number of hydrogen-bond acceptors (Lipinski definition) is 4. The molecule has 0 unspecified atom stereocenters. The summed E-state index contributed by atoms with van der Waals surface area (Å²) in [6.45, 7) is 1.95. The Morgan fingerprint density at radius 1 is 1.11 bits per heavy atom. The smallest absolute Gasteiger partial charge is 0.221 e. The molecular weight excluding hydrogens is 340 g/mol. The minimum Gasteiger partial charge on any atom is -0.375 e. The second-order valence-corrected chi connectivity index (χ2v) is 6.46. The van der Waals surface area contributed by atoms with E-state index in [1.165, 1.54) is 11.9 Å². The van der Waals surface area contributed by atoms with Crippen molar-refractivity contribution in [1.29, 1.82) is 0 Å². The number of rotatable bonds is 8. The predicted octanol–water partition coefficient (Wildman–Crippen LogP) is 2.43. The largest absolute Gasteiger partial charge is 0.375 e. The highest BCUT2D eigenvalue weighted by Gasteiger charge is 2.06. The van der Waals surface area contributed by atoms with E-state index >= 15 is 0 Å². The molecular formula is C21H24N4O2. The fourth-order valence-electron chi connectivity index (χ4n) is 2.99. The van der Waals surface area contributed by atoms with Crippen molar-refractivity contribution in [1.82, 2.24) is 15.1 Å². The number of anilines is 1. The maximum atomic E-state index is 12.1. The van der Waals surface area contributed by atoms with Crippen LogP contribution in [0, 0.1) is 0 Å². The molecule has 1 amide bonds. The van der Waals surface area contributed by atoms with Gasteiger partial charge in [0, 0.05) is 37.6 Å². The number of carbonyl (C=O) groups excluding carboxylic acids is 1. The van der Waals surface area contributed by atoms with Crippen LogP contribution in [-0.2, 0) is 11.3 Å². The lowest BCUT2D eigenvalue weighted by Gasteiger charge is -2.19. The first-order valence-electron chi connectivity index (χ1n) is 9.13. The highest BCUT2D eigenvalue weighted by atomic mass is 16.1. The fourth-order valence-corrected chi connectivity index (χ4v) is 2.99. The van der Waals surface area contributed by atoms with Crippen molar-refractivity contribution < 1.29 is 4.79 Å². The molecule has 0 aliphatic rings. The van der Waals surface area contributed by atoms with Crippen LogP contribution in [0.15, 0.2) is 65.6 Å². The van der Waals surface area contributed by atoms with Crippen LogP contribution in [0.4, 0.5) is 5.69 Å². The molecule has 0 aliphatic carbocycles. The first-order chi connectivity index (χ1) is 13.1. The van der Waals surface area contributed by atoms with Crippen molar-refractivity contribution in [2.75, 3.05) is 25.0 Å². The van der Waals surface area contributed by atoms with Gasteiger partial charge >= 0.3 is 0 Å². The van der Waals surface area contributed by atoms with Crippen LogP contribution in [-0.4, -0.2) is 35.8 Å². The molecule has 3 aromatic rings. The molecule has 0 fully saturated rings. The molecule has 2 aromatic carbocycles. The van der Waals surface area contributed by atoms with Gasteiger partial charge in [0.15, 0.2) is 0 Å². The Hall–Kier alpha value is -3.15. The summed E-state index contributed by atoms with van der Waals surface area (Å²) in [4.78, 5) is 26.1. The molecule has 1 N–H and O–H groups in total. The number of hydrogen-bond donors (Lipinski definition) is 1. The molecule has 0 aliphatic heterocycles. The third kappa shape index (κ3) is 4.94. The summed E-state index contributed by atoms with van der Waals surface area (Å²) in [5, 5.41) is 7.72. The minimum atomic E-state index is -0.103. The number of benzene rings is 2. The molecule has 0 saturated heterocycles. The van der Waals surface area contributed by atoms with Crippen LogP contribution in [0.25, 0.3) is 10.9 Å². The van der Waals surface area contributed by atoms with Gasteiger partial charge < -0.3 is 10.2 Å². The number of amides is 1. The second kappa shape index (κ2) is 8.98. The van der Waals surface area contributed by atoms with E-state index in [-0.39, 0.29) is 11.3 Å². The van der Waals surface area contributed by atoms with Crippen molar-refractivity contribution in [3.05, 3.63) is 71.0 Å². The third-order valence-corrected chi connectivity index (χ3v) is 4.50. The van der Waals surface area contributed by atoms with Crippen LogP contribution >= 0.6 is 0 Å². The summed E-state index contributed by atoms with van der Waals surface area (Å²) in [5.74, 6) is -0.0121. The monoisotopic (exact) mass is 364 g/mol. The molecule has 0 radical (unpaired) electrons. The molecule has 0 saturated carbocycles. The Morgan fingerprint density at radius 2 is 1.85 bits per heavy atom. The molecule has 6 heteroatoms. The minimum absolute atomic E-state index is 0.0121.